The molecule has 1 aliphatic carbocycles. The average Bonchev–Trinajstić information content (AvgIpc) is 2.83. The smallest absolute Gasteiger partial charge is 0.239 e. The van der Waals surface area contributed by atoms with Crippen LogP contribution < -0.4 is 5.32 Å². The molecule has 0 bridgehead atoms. The van der Waals surface area contributed by atoms with Crippen LogP contribution in [-0.2, 0) is 22.4 Å². The Labute approximate surface area is 140 Å². The highest BCUT2D eigenvalue weighted by atomic mass is 32.1. The fourth-order valence-electron chi connectivity index (χ4n) is 2.61. The maximum Gasteiger partial charge on any atom is 0.239 e. The number of carbonyl (C=O) groups is 2. The van der Waals surface area contributed by atoms with E-state index in [1.807, 2.05) is 0 Å². The molecule has 0 aromatic carbocycles. The van der Waals surface area contributed by atoms with Gasteiger partial charge >= 0.3 is 0 Å². The molecule has 1 aromatic heterocycles. The van der Waals surface area contributed by atoms with E-state index in [1.165, 1.54) is 21.1 Å². The van der Waals surface area contributed by atoms with E-state index in [1.54, 1.807) is 26.0 Å². The van der Waals surface area contributed by atoms with Crippen molar-refractivity contribution in [2.24, 2.45) is 0 Å². The molecule has 6 nitrogen and oxygen atoms in total. The first kappa shape index (κ1) is 17.4. The van der Waals surface area contributed by atoms with Crippen molar-refractivity contribution in [2.45, 2.75) is 25.7 Å². The van der Waals surface area contributed by atoms with E-state index in [4.69, 9.17) is 0 Å². The van der Waals surface area contributed by atoms with Gasteiger partial charge in [0.25, 0.3) is 0 Å². The third kappa shape index (κ3) is 4.30. The molecule has 2 amide bonds. The molecule has 1 aliphatic rings. The Hall–Kier alpha value is -1.91. The van der Waals surface area contributed by atoms with Gasteiger partial charge in [0.15, 0.2) is 0 Å². The highest BCUT2D eigenvalue weighted by Crippen LogP contribution is 2.37. The van der Waals surface area contributed by atoms with Crippen molar-refractivity contribution in [3.63, 3.8) is 0 Å². The van der Waals surface area contributed by atoms with Crippen molar-refractivity contribution in [3.8, 4) is 6.07 Å². The number of nitrogens with one attached hydrogen (secondary N) is 1. The molecule has 124 valence electrons. The fourth-order valence-corrected chi connectivity index (χ4v) is 3.87. The quantitative estimate of drug-likeness (QED) is 0.884. The molecule has 0 unspecified atom stereocenters. The standard InChI is InChI=1S/C16H22N4O2S/c1-19(2)15(22)10-20(3)9-14(21)18-16-12(8-17)11-6-4-5-7-13(11)23-16/h4-7,9-10H2,1-3H3,(H,18,21). The van der Waals surface area contributed by atoms with Crippen molar-refractivity contribution in [2.75, 3.05) is 39.5 Å². The van der Waals surface area contributed by atoms with Gasteiger partial charge in [-0.15, -0.1) is 11.3 Å². The van der Waals surface area contributed by atoms with E-state index in [-0.39, 0.29) is 24.9 Å². The van der Waals surface area contributed by atoms with Gasteiger partial charge in [-0.3, -0.25) is 14.5 Å². The minimum Gasteiger partial charge on any atom is -0.348 e. The van der Waals surface area contributed by atoms with Crippen LogP contribution in [0.4, 0.5) is 5.00 Å². The maximum absolute atomic E-state index is 12.2. The number of hydrogen-bond donors (Lipinski definition) is 1. The highest BCUT2D eigenvalue weighted by molar-refractivity contribution is 7.16. The largest absolute Gasteiger partial charge is 0.348 e. The summed E-state index contributed by atoms with van der Waals surface area (Å²) in [6.45, 7) is 0.305. The summed E-state index contributed by atoms with van der Waals surface area (Å²) >= 11 is 1.51. The lowest BCUT2D eigenvalue weighted by Crippen LogP contribution is -2.38. The lowest BCUT2D eigenvalue weighted by atomic mass is 9.96. The second-order valence-electron chi connectivity index (χ2n) is 6.04. The molecule has 0 saturated heterocycles. The lowest BCUT2D eigenvalue weighted by Gasteiger charge is -2.18. The van der Waals surface area contributed by atoms with Crippen LogP contribution in [0.15, 0.2) is 0 Å². The van der Waals surface area contributed by atoms with Crippen LogP contribution in [0.5, 0.6) is 0 Å². The van der Waals surface area contributed by atoms with Gasteiger partial charge in [-0.05, 0) is 38.3 Å². The first-order valence-electron chi connectivity index (χ1n) is 7.65. The number of hydrogen-bond acceptors (Lipinski definition) is 5. The van der Waals surface area contributed by atoms with Gasteiger partial charge in [0, 0.05) is 19.0 Å². The fraction of sp³-hybridized carbons (Fsp3) is 0.562. The number of anilines is 1. The third-order valence-electron chi connectivity index (χ3n) is 3.85. The highest BCUT2D eigenvalue weighted by Gasteiger charge is 2.22. The minimum atomic E-state index is -0.200. The van der Waals surface area contributed by atoms with E-state index in [0.29, 0.717) is 10.6 Å². The van der Waals surface area contributed by atoms with Gasteiger partial charge < -0.3 is 10.2 Å². The average molecular weight is 334 g/mol. The SMILES string of the molecule is CN(CC(=O)Nc1sc2c(c1C#N)CCCC2)CC(=O)N(C)C. The van der Waals surface area contributed by atoms with E-state index >= 15 is 0 Å². The summed E-state index contributed by atoms with van der Waals surface area (Å²) in [6.07, 6.45) is 4.14. The van der Waals surface area contributed by atoms with Gasteiger partial charge in [0.1, 0.15) is 11.1 Å². The Kier molecular flexibility index (Phi) is 5.74. The number of rotatable bonds is 5. The minimum absolute atomic E-state index is 0.0513. The number of amides is 2. The van der Waals surface area contributed by atoms with Crippen LogP contribution in [0.25, 0.3) is 0 Å². The van der Waals surface area contributed by atoms with Crippen molar-refractivity contribution in [1.29, 1.82) is 5.26 Å². The van der Waals surface area contributed by atoms with Gasteiger partial charge in [0.2, 0.25) is 11.8 Å². The molecule has 1 N–H and O–H groups in total. The zero-order valence-corrected chi connectivity index (χ0v) is 14.6. The molecule has 2 rings (SSSR count). The Morgan fingerprint density at radius 1 is 1.22 bits per heavy atom. The Morgan fingerprint density at radius 3 is 2.57 bits per heavy atom. The predicted molar refractivity (Wildman–Crippen MR) is 90.5 cm³/mol. The normalized spacial score (nSPS) is 13.3. The van der Waals surface area contributed by atoms with E-state index in [2.05, 4.69) is 11.4 Å². The number of aryl methyl sites for hydroxylation is 1. The molecule has 0 radical (unpaired) electrons. The number of nitriles is 1. The Bertz CT molecular complexity index is 645. The van der Waals surface area contributed by atoms with Crippen molar-refractivity contribution >= 4 is 28.2 Å². The van der Waals surface area contributed by atoms with Crippen LogP contribution in [0.3, 0.4) is 0 Å². The molecule has 7 heteroatoms. The van der Waals surface area contributed by atoms with Gasteiger partial charge in [0.05, 0.1) is 18.7 Å². The molecular formula is C16H22N4O2S. The van der Waals surface area contributed by atoms with E-state index in [0.717, 1.165) is 31.2 Å². The topological polar surface area (TPSA) is 76.4 Å². The van der Waals surface area contributed by atoms with Crippen LogP contribution in [0.1, 0.15) is 28.8 Å². The molecule has 0 saturated carbocycles. The molecular weight excluding hydrogens is 312 g/mol. The molecule has 23 heavy (non-hydrogen) atoms. The summed E-state index contributed by atoms with van der Waals surface area (Å²) in [7, 11) is 5.10. The summed E-state index contributed by atoms with van der Waals surface area (Å²) in [5.41, 5.74) is 1.72. The van der Waals surface area contributed by atoms with Crippen molar-refractivity contribution < 1.29 is 9.59 Å². The third-order valence-corrected chi connectivity index (χ3v) is 5.06. The molecule has 0 spiro atoms. The molecule has 1 aromatic rings. The number of nitrogens with zero attached hydrogens (tertiary/aromatic N) is 3. The zero-order valence-electron chi connectivity index (χ0n) is 13.8. The number of fused-ring (bicyclic) bond motifs is 1. The number of carbonyl (C=O) groups excluding carboxylic acids is 2. The van der Waals surface area contributed by atoms with Crippen molar-refractivity contribution in [3.05, 3.63) is 16.0 Å². The zero-order chi connectivity index (χ0) is 17.0. The van der Waals surface area contributed by atoms with Gasteiger partial charge in [-0.1, -0.05) is 0 Å². The summed E-state index contributed by atoms with van der Waals surface area (Å²) in [5.74, 6) is -0.251. The van der Waals surface area contributed by atoms with Crippen LogP contribution in [0, 0.1) is 11.3 Å². The van der Waals surface area contributed by atoms with Gasteiger partial charge in [-0.2, -0.15) is 5.26 Å². The van der Waals surface area contributed by atoms with Gasteiger partial charge in [-0.25, -0.2) is 0 Å². The first-order valence-corrected chi connectivity index (χ1v) is 8.47. The molecule has 1 heterocycles. The van der Waals surface area contributed by atoms with E-state index in [9.17, 15) is 14.9 Å². The van der Waals surface area contributed by atoms with Crippen LogP contribution >= 0.6 is 11.3 Å². The summed E-state index contributed by atoms with van der Waals surface area (Å²) in [5, 5.41) is 12.9. The monoisotopic (exact) mass is 334 g/mol. The predicted octanol–water partition coefficient (Wildman–Crippen LogP) is 1.46. The summed E-state index contributed by atoms with van der Waals surface area (Å²) in [4.78, 5) is 28.2. The van der Waals surface area contributed by atoms with E-state index < -0.39 is 0 Å². The summed E-state index contributed by atoms with van der Waals surface area (Å²) in [6, 6.07) is 2.23. The second-order valence-corrected chi connectivity index (χ2v) is 7.14. The first-order chi connectivity index (χ1) is 10.9. The maximum atomic E-state index is 12.2. The number of likely N-dealkylation sites (N-methyl/N-ethyl adjacent to an activating group) is 2. The lowest BCUT2D eigenvalue weighted by molar-refractivity contribution is -0.130. The number of thiophene rings is 1. The molecule has 0 fully saturated rings. The van der Waals surface area contributed by atoms with Crippen LogP contribution in [-0.4, -0.2) is 55.8 Å². The second kappa shape index (κ2) is 7.57. The summed E-state index contributed by atoms with van der Waals surface area (Å²) < 4.78 is 0. The Balaban J connectivity index is 1.99. The molecule has 0 aliphatic heterocycles. The van der Waals surface area contributed by atoms with Crippen molar-refractivity contribution in [1.82, 2.24) is 9.80 Å². The Morgan fingerprint density at radius 2 is 1.91 bits per heavy atom. The van der Waals surface area contributed by atoms with Crippen LogP contribution in [0.2, 0.25) is 0 Å². The molecule has 0 atom stereocenters.